The second kappa shape index (κ2) is 8.43. The van der Waals surface area contributed by atoms with Gasteiger partial charge in [0.15, 0.2) is 0 Å². The maximum atomic E-state index is 12.9. The standard InChI is InChI=1S/C24H26N4O/c1-17-10-11-21(13-18(17)2)27-24(29)20-9-6-12-28(15-20)23-14-22(25-16-26-23)19-7-4-3-5-8-19/h3-5,7-8,10-11,13-14,16,20H,6,9,12,15H2,1-2H3,(H,27,29). The quantitative estimate of drug-likeness (QED) is 0.711. The Balaban J connectivity index is 1.47. The number of carbonyl (C=O) groups is 1. The number of benzene rings is 2. The molecule has 1 N–H and O–H groups in total. The molecule has 2 heterocycles. The fraction of sp³-hybridized carbons (Fsp3) is 0.292. The van der Waals surface area contributed by atoms with Gasteiger partial charge in [-0.25, -0.2) is 9.97 Å². The summed E-state index contributed by atoms with van der Waals surface area (Å²) in [6, 6.07) is 18.2. The van der Waals surface area contributed by atoms with Crippen molar-refractivity contribution in [2.24, 2.45) is 5.92 Å². The van der Waals surface area contributed by atoms with Gasteiger partial charge in [-0.3, -0.25) is 4.79 Å². The number of anilines is 2. The van der Waals surface area contributed by atoms with Crippen molar-refractivity contribution in [3.8, 4) is 11.3 Å². The van der Waals surface area contributed by atoms with Crippen LogP contribution in [-0.2, 0) is 4.79 Å². The number of nitrogens with one attached hydrogen (secondary N) is 1. The summed E-state index contributed by atoms with van der Waals surface area (Å²) in [6.45, 7) is 5.71. The largest absolute Gasteiger partial charge is 0.356 e. The van der Waals surface area contributed by atoms with E-state index in [0.29, 0.717) is 6.54 Å². The highest BCUT2D eigenvalue weighted by Gasteiger charge is 2.27. The highest BCUT2D eigenvalue weighted by molar-refractivity contribution is 5.93. The SMILES string of the molecule is Cc1ccc(NC(=O)C2CCCN(c3cc(-c4ccccc4)ncn3)C2)cc1C. The molecule has 1 aliphatic rings. The number of hydrogen-bond donors (Lipinski definition) is 1. The van der Waals surface area contributed by atoms with Crippen LogP contribution >= 0.6 is 0 Å². The lowest BCUT2D eigenvalue weighted by Crippen LogP contribution is -2.41. The number of hydrogen-bond acceptors (Lipinski definition) is 4. The van der Waals surface area contributed by atoms with Gasteiger partial charge in [0.2, 0.25) is 5.91 Å². The number of amides is 1. The first-order valence-electron chi connectivity index (χ1n) is 10.1. The molecule has 0 bridgehead atoms. The van der Waals surface area contributed by atoms with E-state index in [1.165, 1.54) is 11.1 Å². The van der Waals surface area contributed by atoms with Crippen LogP contribution in [0.5, 0.6) is 0 Å². The molecular weight excluding hydrogens is 360 g/mol. The molecule has 29 heavy (non-hydrogen) atoms. The minimum Gasteiger partial charge on any atom is -0.356 e. The summed E-state index contributed by atoms with van der Waals surface area (Å²) in [6.07, 6.45) is 3.47. The molecular formula is C24H26N4O. The second-order valence-electron chi connectivity index (χ2n) is 7.70. The number of nitrogens with zero attached hydrogens (tertiary/aromatic N) is 3. The Morgan fingerprint density at radius 2 is 1.86 bits per heavy atom. The van der Waals surface area contributed by atoms with E-state index in [1.54, 1.807) is 6.33 Å². The van der Waals surface area contributed by atoms with Crippen LogP contribution in [0.15, 0.2) is 60.9 Å². The smallest absolute Gasteiger partial charge is 0.229 e. The number of rotatable bonds is 4. The molecule has 1 aromatic heterocycles. The third kappa shape index (κ3) is 4.45. The van der Waals surface area contributed by atoms with Crippen LogP contribution in [0.4, 0.5) is 11.5 Å². The fourth-order valence-electron chi connectivity index (χ4n) is 3.75. The first-order valence-corrected chi connectivity index (χ1v) is 10.1. The summed E-state index contributed by atoms with van der Waals surface area (Å²) in [4.78, 5) is 23.9. The van der Waals surface area contributed by atoms with Crippen molar-refractivity contribution in [1.29, 1.82) is 0 Å². The molecule has 1 amide bonds. The lowest BCUT2D eigenvalue weighted by Gasteiger charge is -2.33. The molecule has 0 aliphatic carbocycles. The van der Waals surface area contributed by atoms with E-state index in [2.05, 4.69) is 34.0 Å². The predicted molar refractivity (Wildman–Crippen MR) is 117 cm³/mol. The minimum atomic E-state index is -0.0551. The van der Waals surface area contributed by atoms with E-state index in [9.17, 15) is 4.79 Å². The van der Waals surface area contributed by atoms with E-state index < -0.39 is 0 Å². The Kier molecular flexibility index (Phi) is 5.56. The van der Waals surface area contributed by atoms with Gasteiger partial charge in [-0.15, -0.1) is 0 Å². The molecule has 1 aliphatic heterocycles. The maximum Gasteiger partial charge on any atom is 0.229 e. The molecule has 1 saturated heterocycles. The van der Waals surface area contributed by atoms with Gasteiger partial charge in [-0.05, 0) is 49.9 Å². The van der Waals surface area contributed by atoms with E-state index in [0.717, 1.165) is 42.1 Å². The topological polar surface area (TPSA) is 58.1 Å². The molecule has 5 nitrogen and oxygen atoms in total. The lowest BCUT2D eigenvalue weighted by atomic mass is 9.96. The predicted octanol–water partition coefficient (Wildman–Crippen LogP) is 4.62. The Hall–Kier alpha value is -3.21. The summed E-state index contributed by atoms with van der Waals surface area (Å²) in [5, 5.41) is 3.09. The van der Waals surface area contributed by atoms with Crippen LogP contribution < -0.4 is 10.2 Å². The lowest BCUT2D eigenvalue weighted by molar-refractivity contribution is -0.120. The van der Waals surface area contributed by atoms with Crippen LogP contribution in [0.25, 0.3) is 11.3 Å². The number of carbonyl (C=O) groups excluding carboxylic acids is 1. The summed E-state index contributed by atoms with van der Waals surface area (Å²) in [5.74, 6) is 0.901. The zero-order valence-electron chi connectivity index (χ0n) is 16.9. The van der Waals surface area contributed by atoms with Crippen molar-refractivity contribution < 1.29 is 4.79 Å². The van der Waals surface area contributed by atoms with Crippen LogP contribution in [0.2, 0.25) is 0 Å². The molecule has 1 fully saturated rings. The summed E-state index contributed by atoms with van der Waals surface area (Å²) in [7, 11) is 0. The highest BCUT2D eigenvalue weighted by Crippen LogP contribution is 2.26. The highest BCUT2D eigenvalue weighted by atomic mass is 16.1. The molecule has 0 spiro atoms. The number of aryl methyl sites for hydroxylation is 2. The Labute approximate surface area is 171 Å². The monoisotopic (exact) mass is 386 g/mol. The van der Waals surface area contributed by atoms with Gasteiger partial charge in [0.1, 0.15) is 12.1 Å². The van der Waals surface area contributed by atoms with Gasteiger partial charge in [0.05, 0.1) is 11.6 Å². The van der Waals surface area contributed by atoms with Crippen LogP contribution in [-0.4, -0.2) is 29.0 Å². The van der Waals surface area contributed by atoms with E-state index in [-0.39, 0.29) is 11.8 Å². The molecule has 0 radical (unpaired) electrons. The van der Waals surface area contributed by atoms with Gasteiger partial charge in [-0.1, -0.05) is 36.4 Å². The zero-order valence-corrected chi connectivity index (χ0v) is 16.9. The van der Waals surface area contributed by atoms with Crippen molar-refractivity contribution in [2.75, 3.05) is 23.3 Å². The summed E-state index contributed by atoms with van der Waals surface area (Å²) >= 11 is 0. The molecule has 2 aromatic carbocycles. The molecule has 148 valence electrons. The number of piperidine rings is 1. The first kappa shape index (κ1) is 19.1. The van der Waals surface area contributed by atoms with E-state index in [4.69, 9.17) is 0 Å². The third-order valence-corrected chi connectivity index (χ3v) is 5.61. The molecule has 0 saturated carbocycles. The van der Waals surface area contributed by atoms with Gasteiger partial charge >= 0.3 is 0 Å². The number of aromatic nitrogens is 2. The maximum absolute atomic E-state index is 12.9. The average molecular weight is 386 g/mol. The van der Waals surface area contributed by atoms with Gasteiger partial charge in [0.25, 0.3) is 0 Å². The zero-order chi connectivity index (χ0) is 20.2. The van der Waals surface area contributed by atoms with Gasteiger partial charge in [0, 0.05) is 30.4 Å². The average Bonchev–Trinajstić information content (AvgIpc) is 2.77. The molecule has 1 unspecified atom stereocenters. The summed E-state index contributed by atoms with van der Waals surface area (Å²) < 4.78 is 0. The van der Waals surface area contributed by atoms with Crippen LogP contribution in [0.3, 0.4) is 0 Å². The van der Waals surface area contributed by atoms with Crippen LogP contribution in [0, 0.1) is 19.8 Å². The van der Waals surface area contributed by atoms with Gasteiger partial charge in [-0.2, -0.15) is 0 Å². The first-order chi connectivity index (χ1) is 14.1. The summed E-state index contributed by atoms with van der Waals surface area (Å²) in [5.41, 5.74) is 5.24. The van der Waals surface area contributed by atoms with Gasteiger partial charge < -0.3 is 10.2 Å². The van der Waals surface area contributed by atoms with E-state index >= 15 is 0 Å². The van der Waals surface area contributed by atoms with Crippen molar-refractivity contribution in [2.45, 2.75) is 26.7 Å². The molecule has 1 atom stereocenters. The minimum absolute atomic E-state index is 0.0551. The molecule has 3 aromatic rings. The van der Waals surface area contributed by atoms with Crippen LogP contribution in [0.1, 0.15) is 24.0 Å². The Bertz CT molecular complexity index is 1000. The normalized spacial score (nSPS) is 16.5. The van der Waals surface area contributed by atoms with Crippen molar-refractivity contribution >= 4 is 17.4 Å². The molecule has 4 rings (SSSR count). The Morgan fingerprint density at radius 3 is 2.66 bits per heavy atom. The van der Waals surface area contributed by atoms with Crippen molar-refractivity contribution in [3.05, 3.63) is 72.1 Å². The second-order valence-corrected chi connectivity index (χ2v) is 7.70. The fourth-order valence-corrected chi connectivity index (χ4v) is 3.75. The third-order valence-electron chi connectivity index (χ3n) is 5.61. The Morgan fingerprint density at radius 1 is 1.03 bits per heavy atom. The van der Waals surface area contributed by atoms with Crippen molar-refractivity contribution in [3.63, 3.8) is 0 Å². The van der Waals surface area contributed by atoms with E-state index in [1.807, 2.05) is 54.6 Å². The van der Waals surface area contributed by atoms with Crippen molar-refractivity contribution in [1.82, 2.24) is 9.97 Å². The molecule has 5 heteroatoms.